The molecule has 0 radical (unpaired) electrons. The summed E-state index contributed by atoms with van der Waals surface area (Å²) in [5.74, 6) is -0.804. The molecule has 0 saturated heterocycles. The standard InChI is InChI=1S/C35H37Br2N3O4S/c1-4-26(3)38-35(42)33(22-27-9-6-5-7-10-27)39(23-28-11-8-12-30(37)21-28)34(41)24-40(31-17-15-29(36)16-18-31)45(43,44)32-19-13-25(2)14-20-32/h5-21,26,33H,4,22-24H2,1-3H3,(H,38,42)/t26-,33-/m0/s1. The summed E-state index contributed by atoms with van der Waals surface area (Å²) in [6.45, 7) is 5.37. The summed E-state index contributed by atoms with van der Waals surface area (Å²) >= 11 is 6.93. The SMILES string of the molecule is CC[C@H](C)NC(=O)[C@H](Cc1ccccc1)N(Cc1cccc(Br)c1)C(=O)CN(c1ccc(Br)cc1)S(=O)(=O)c1ccc(C)cc1. The quantitative estimate of drug-likeness (QED) is 0.156. The second-order valence-electron chi connectivity index (χ2n) is 11.0. The molecule has 0 fully saturated rings. The first-order chi connectivity index (χ1) is 21.5. The molecule has 0 aliphatic heterocycles. The number of nitrogens with zero attached hydrogens (tertiary/aromatic N) is 2. The Bertz CT molecular complexity index is 1700. The van der Waals surface area contributed by atoms with Gasteiger partial charge in [0.2, 0.25) is 11.8 Å². The maximum absolute atomic E-state index is 14.5. The van der Waals surface area contributed by atoms with Gasteiger partial charge in [-0.2, -0.15) is 0 Å². The third-order valence-electron chi connectivity index (χ3n) is 7.52. The molecule has 1 N–H and O–H groups in total. The molecule has 10 heteroatoms. The number of benzene rings is 4. The zero-order valence-electron chi connectivity index (χ0n) is 25.5. The van der Waals surface area contributed by atoms with Gasteiger partial charge in [0.1, 0.15) is 12.6 Å². The van der Waals surface area contributed by atoms with Gasteiger partial charge >= 0.3 is 0 Å². The predicted octanol–water partition coefficient (Wildman–Crippen LogP) is 7.27. The van der Waals surface area contributed by atoms with Crippen LogP contribution in [0.2, 0.25) is 0 Å². The highest BCUT2D eigenvalue weighted by Gasteiger charge is 2.35. The lowest BCUT2D eigenvalue weighted by atomic mass is 10.0. The van der Waals surface area contributed by atoms with Crippen molar-refractivity contribution in [1.82, 2.24) is 10.2 Å². The molecule has 0 unspecified atom stereocenters. The Hall–Kier alpha value is -3.47. The van der Waals surface area contributed by atoms with E-state index in [9.17, 15) is 18.0 Å². The van der Waals surface area contributed by atoms with E-state index in [2.05, 4.69) is 37.2 Å². The minimum Gasteiger partial charge on any atom is -0.352 e. The highest BCUT2D eigenvalue weighted by Crippen LogP contribution is 2.27. The molecule has 0 spiro atoms. The van der Waals surface area contributed by atoms with Gasteiger partial charge in [0.25, 0.3) is 10.0 Å². The third kappa shape index (κ3) is 9.28. The molecule has 0 saturated carbocycles. The van der Waals surface area contributed by atoms with Gasteiger partial charge in [-0.25, -0.2) is 8.42 Å². The van der Waals surface area contributed by atoms with Gasteiger partial charge in [0, 0.05) is 28.0 Å². The Labute approximate surface area is 283 Å². The van der Waals surface area contributed by atoms with E-state index in [0.717, 1.165) is 36.4 Å². The van der Waals surface area contributed by atoms with E-state index in [1.54, 1.807) is 36.4 Å². The van der Waals surface area contributed by atoms with Crippen molar-refractivity contribution in [2.24, 2.45) is 0 Å². The third-order valence-corrected chi connectivity index (χ3v) is 10.3. The summed E-state index contributed by atoms with van der Waals surface area (Å²) in [5, 5.41) is 3.06. The van der Waals surface area contributed by atoms with Crippen LogP contribution in [-0.2, 0) is 32.6 Å². The lowest BCUT2D eigenvalue weighted by Crippen LogP contribution is -2.54. The Morgan fingerprint density at radius 2 is 1.47 bits per heavy atom. The number of rotatable bonds is 13. The zero-order chi connectivity index (χ0) is 32.6. The molecule has 0 aliphatic carbocycles. The normalized spacial score (nSPS) is 12.6. The second kappa shape index (κ2) is 15.7. The number of aryl methyl sites for hydroxylation is 1. The highest BCUT2D eigenvalue weighted by molar-refractivity contribution is 9.10. The van der Waals surface area contributed by atoms with Crippen LogP contribution >= 0.6 is 31.9 Å². The minimum absolute atomic E-state index is 0.0673. The van der Waals surface area contributed by atoms with Gasteiger partial charge in [-0.3, -0.25) is 13.9 Å². The molecule has 7 nitrogen and oxygen atoms in total. The lowest BCUT2D eigenvalue weighted by molar-refractivity contribution is -0.140. The molecular formula is C35H37Br2N3O4S. The Morgan fingerprint density at radius 1 is 0.822 bits per heavy atom. The van der Waals surface area contributed by atoms with Gasteiger partial charge in [-0.15, -0.1) is 0 Å². The molecule has 0 bridgehead atoms. The fraction of sp³-hybridized carbons (Fsp3) is 0.257. The minimum atomic E-state index is -4.16. The van der Waals surface area contributed by atoms with Crippen LogP contribution in [-0.4, -0.2) is 43.8 Å². The van der Waals surface area contributed by atoms with E-state index >= 15 is 0 Å². The topological polar surface area (TPSA) is 86.8 Å². The van der Waals surface area contributed by atoms with E-state index in [-0.39, 0.29) is 29.8 Å². The maximum Gasteiger partial charge on any atom is 0.264 e. The number of sulfonamides is 1. The van der Waals surface area contributed by atoms with E-state index in [4.69, 9.17) is 0 Å². The van der Waals surface area contributed by atoms with Crippen molar-refractivity contribution >= 4 is 59.4 Å². The number of halogens is 2. The smallest absolute Gasteiger partial charge is 0.264 e. The van der Waals surface area contributed by atoms with Crippen LogP contribution in [0.15, 0.2) is 117 Å². The van der Waals surface area contributed by atoms with Crippen LogP contribution in [0.25, 0.3) is 0 Å². The van der Waals surface area contributed by atoms with Crippen LogP contribution in [0, 0.1) is 6.92 Å². The summed E-state index contributed by atoms with van der Waals surface area (Å²) in [7, 11) is -4.16. The second-order valence-corrected chi connectivity index (χ2v) is 14.7. The Kier molecular flexibility index (Phi) is 12.0. The van der Waals surface area contributed by atoms with Crippen LogP contribution in [0.4, 0.5) is 5.69 Å². The molecule has 2 amide bonds. The van der Waals surface area contributed by atoms with Gasteiger partial charge in [-0.1, -0.05) is 98.9 Å². The molecule has 0 heterocycles. The van der Waals surface area contributed by atoms with Crippen molar-refractivity contribution in [3.8, 4) is 0 Å². The summed E-state index contributed by atoms with van der Waals surface area (Å²) in [4.78, 5) is 30.0. The van der Waals surface area contributed by atoms with E-state index in [0.29, 0.717) is 5.69 Å². The van der Waals surface area contributed by atoms with Crippen molar-refractivity contribution in [1.29, 1.82) is 0 Å². The van der Waals surface area contributed by atoms with E-state index < -0.39 is 28.5 Å². The van der Waals surface area contributed by atoms with Crippen LogP contribution < -0.4 is 9.62 Å². The number of hydrogen-bond acceptors (Lipinski definition) is 4. The van der Waals surface area contributed by atoms with Gasteiger partial charge in [-0.05, 0) is 79.9 Å². The highest BCUT2D eigenvalue weighted by atomic mass is 79.9. The number of nitrogens with one attached hydrogen (secondary N) is 1. The summed E-state index contributed by atoms with van der Waals surface area (Å²) in [6, 6.07) is 29.3. The molecule has 0 aromatic heterocycles. The average molecular weight is 756 g/mol. The largest absolute Gasteiger partial charge is 0.352 e. The zero-order valence-corrected chi connectivity index (χ0v) is 29.5. The molecule has 236 valence electrons. The van der Waals surface area contributed by atoms with E-state index in [1.807, 2.05) is 75.4 Å². The first-order valence-electron chi connectivity index (χ1n) is 14.7. The first kappa shape index (κ1) is 34.4. The maximum atomic E-state index is 14.5. The summed E-state index contributed by atoms with van der Waals surface area (Å²) in [5.41, 5.74) is 2.92. The number of amides is 2. The van der Waals surface area contributed by atoms with Crippen molar-refractivity contribution in [3.05, 3.63) is 129 Å². The molecule has 4 aromatic carbocycles. The Morgan fingerprint density at radius 3 is 2.09 bits per heavy atom. The van der Waals surface area contributed by atoms with Gasteiger partial charge in [0.15, 0.2) is 0 Å². The monoisotopic (exact) mass is 753 g/mol. The molecule has 45 heavy (non-hydrogen) atoms. The number of anilines is 1. The van der Waals surface area contributed by atoms with Crippen LogP contribution in [0.5, 0.6) is 0 Å². The fourth-order valence-corrected chi connectivity index (χ4v) is 6.93. The van der Waals surface area contributed by atoms with E-state index in [1.165, 1.54) is 17.0 Å². The molecule has 0 aliphatic rings. The Balaban J connectivity index is 1.80. The fourth-order valence-electron chi connectivity index (χ4n) is 4.80. The van der Waals surface area contributed by atoms with Crippen molar-refractivity contribution < 1.29 is 18.0 Å². The first-order valence-corrected chi connectivity index (χ1v) is 17.7. The van der Waals surface area contributed by atoms with Crippen molar-refractivity contribution in [2.75, 3.05) is 10.8 Å². The average Bonchev–Trinajstić information content (AvgIpc) is 3.02. The molecular weight excluding hydrogens is 718 g/mol. The summed E-state index contributed by atoms with van der Waals surface area (Å²) in [6.07, 6.45) is 0.974. The molecule has 4 aromatic rings. The van der Waals surface area contributed by atoms with Crippen molar-refractivity contribution in [2.45, 2.75) is 57.1 Å². The predicted molar refractivity (Wildman–Crippen MR) is 186 cm³/mol. The lowest BCUT2D eigenvalue weighted by Gasteiger charge is -2.34. The summed E-state index contributed by atoms with van der Waals surface area (Å²) < 4.78 is 31.0. The molecule has 2 atom stereocenters. The van der Waals surface area contributed by atoms with Gasteiger partial charge < -0.3 is 10.2 Å². The van der Waals surface area contributed by atoms with Crippen molar-refractivity contribution in [3.63, 3.8) is 0 Å². The van der Waals surface area contributed by atoms with Crippen LogP contribution in [0.1, 0.15) is 37.0 Å². The van der Waals surface area contributed by atoms with Gasteiger partial charge in [0.05, 0.1) is 10.6 Å². The number of hydrogen-bond donors (Lipinski definition) is 1. The molecule has 4 rings (SSSR count). The van der Waals surface area contributed by atoms with Crippen LogP contribution in [0.3, 0.4) is 0 Å². The number of carbonyl (C=O) groups is 2. The number of carbonyl (C=O) groups excluding carboxylic acids is 2.